The molecule has 2 aromatic heterocycles. The molecule has 2 heterocycles. The molecule has 0 aliphatic rings. The molecular formula is C54H52N3OPt-. The van der Waals surface area contributed by atoms with Gasteiger partial charge in [0.25, 0.3) is 0 Å². The summed E-state index contributed by atoms with van der Waals surface area (Å²) >= 11 is 0. The Morgan fingerprint density at radius 1 is 0.627 bits per heavy atom. The number of phenolic OH excluding ortho intramolecular Hbond substituents is 1. The van der Waals surface area contributed by atoms with Crippen molar-refractivity contribution in [3.63, 3.8) is 0 Å². The van der Waals surface area contributed by atoms with Gasteiger partial charge in [-0.25, -0.2) is 4.98 Å². The predicted octanol–water partition coefficient (Wildman–Crippen LogP) is 14.2. The average molecular weight is 968 g/mol. The van der Waals surface area contributed by atoms with Crippen molar-refractivity contribution < 1.29 is 45.4 Å². The first-order valence-electron chi connectivity index (χ1n) is 26.1. The summed E-state index contributed by atoms with van der Waals surface area (Å²) in [7, 11) is 0. The first-order chi connectivity index (χ1) is 33.4. The number of pyridine rings is 1. The zero-order chi connectivity index (χ0) is 52.8. The summed E-state index contributed by atoms with van der Waals surface area (Å²) in [5.74, 6) is 0.322. The van der Waals surface area contributed by atoms with Crippen molar-refractivity contribution in [2.24, 2.45) is 0 Å². The Bertz CT molecular complexity index is 3360. The number of benzene rings is 6. The van der Waals surface area contributed by atoms with Crippen molar-refractivity contribution in [2.45, 2.75) is 78.3 Å². The minimum Gasteiger partial charge on any atom is -0.507 e. The zero-order valence-electron chi connectivity index (χ0n) is 47.6. The van der Waals surface area contributed by atoms with Gasteiger partial charge < -0.3 is 5.11 Å². The van der Waals surface area contributed by atoms with Crippen LogP contribution in [-0.2, 0) is 37.3 Å². The van der Waals surface area contributed by atoms with Crippen molar-refractivity contribution in [2.75, 3.05) is 0 Å². The molecule has 0 saturated carbocycles. The van der Waals surface area contributed by atoms with Gasteiger partial charge in [0.05, 0.1) is 29.1 Å². The van der Waals surface area contributed by atoms with Gasteiger partial charge in [0, 0.05) is 50.9 Å². The summed E-state index contributed by atoms with van der Waals surface area (Å²) in [4.78, 5) is 9.81. The standard InChI is InChI=1S/C54H52N3O.Pt/c1-52(2,3)40-26-27-47(44(34-40)36-20-14-11-15-21-36)57-48-25-17-22-42(49(48)56-51(57)43-23-16-24-45(50(43)58)54(7,8)9)38-30-39(32-41(31-38)53(4,5)6)46-33-37(28-29-55-46)35-18-12-10-13-19-35;/h10-29,31-34,58H,1-9H3;/q-1;/i4D3,5D3,6D3,10D,12D,13D,18D,19D;. The van der Waals surface area contributed by atoms with Gasteiger partial charge >= 0.3 is 0 Å². The van der Waals surface area contributed by atoms with Gasteiger partial charge in [0.1, 0.15) is 11.6 Å². The minimum atomic E-state index is -3.66. The Morgan fingerprint density at radius 3 is 2.05 bits per heavy atom. The second-order valence-corrected chi connectivity index (χ2v) is 16.6. The van der Waals surface area contributed by atoms with E-state index < -0.39 is 67.2 Å². The number of nitrogens with zero attached hydrogens (tertiary/aromatic N) is 3. The van der Waals surface area contributed by atoms with Gasteiger partial charge in [-0.2, -0.15) is 0 Å². The van der Waals surface area contributed by atoms with E-state index >= 15 is 0 Å². The van der Waals surface area contributed by atoms with E-state index in [1.807, 2.05) is 86.0 Å². The number of hydrogen-bond acceptors (Lipinski definition) is 3. The number of hydrogen-bond donors (Lipinski definition) is 1. The van der Waals surface area contributed by atoms with Crippen LogP contribution in [0, 0.1) is 6.07 Å². The maximum atomic E-state index is 12.2. The maximum Gasteiger partial charge on any atom is 0.148 e. The van der Waals surface area contributed by atoms with Crippen molar-refractivity contribution in [3.05, 3.63) is 168 Å². The molecule has 0 bridgehead atoms. The van der Waals surface area contributed by atoms with Gasteiger partial charge in [-0.3, -0.25) is 9.55 Å². The number of phenols is 1. The van der Waals surface area contributed by atoms with E-state index in [2.05, 4.69) is 37.9 Å². The number of imidazole rings is 1. The number of rotatable bonds is 6. The minimum absolute atomic E-state index is 0. The third-order valence-electron chi connectivity index (χ3n) is 10.4. The molecule has 4 nitrogen and oxygen atoms in total. The Hall–Kier alpha value is -5.57. The molecule has 1 N–H and O–H groups in total. The molecule has 5 heteroatoms. The largest absolute Gasteiger partial charge is 0.507 e. The summed E-state index contributed by atoms with van der Waals surface area (Å²) < 4.78 is 123. The molecule has 0 aliphatic heterocycles. The molecule has 300 valence electrons. The van der Waals surface area contributed by atoms with E-state index in [0.29, 0.717) is 33.7 Å². The molecule has 0 spiro atoms. The van der Waals surface area contributed by atoms with E-state index in [9.17, 15) is 5.11 Å². The monoisotopic (exact) mass is 967 g/mol. The second kappa shape index (κ2) is 15.9. The summed E-state index contributed by atoms with van der Waals surface area (Å²) in [6.45, 7) is 1.34. The summed E-state index contributed by atoms with van der Waals surface area (Å²) in [5, 5.41) is 12.2. The molecule has 6 aromatic carbocycles. The van der Waals surface area contributed by atoms with Crippen LogP contribution in [0.3, 0.4) is 0 Å². The zero-order valence-corrected chi connectivity index (χ0v) is 35.8. The molecule has 8 aromatic rings. The Labute approximate surface area is 384 Å². The van der Waals surface area contributed by atoms with Crippen LogP contribution in [0.1, 0.15) is 98.0 Å². The molecule has 59 heavy (non-hydrogen) atoms. The van der Waals surface area contributed by atoms with Gasteiger partial charge in [-0.15, -0.1) is 29.3 Å². The van der Waals surface area contributed by atoms with E-state index in [1.165, 1.54) is 24.4 Å². The third-order valence-corrected chi connectivity index (χ3v) is 10.4. The quantitative estimate of drug-likeness (QED) is 0.169. The molecule has 0 atom stereocenters. The van der Waals surface area contributed by atoms with Crippen LogP contribution in [0.15, 0.2) is 146 Å². The molecular weight excluding hydrogens is 902 g/mol. The topological polar surface area (TPSA) is 50.9 Å². The van der Waals surface area contributed by atoms with Crippen LogP contribution in [0.2, 0.25) is 0 Å². The molecule has 0 fully saturated rings. The van der Waals surface area contributed by atoms with E-state index in [-0.39, 0.29) is 65.7 Å². The fourth-order valence-electron chi connectivity index (χ4n) is 7.31. The Kier molecular flexibility index (Phi) is 7.33. The SMILES string of the molecule is [2H]c1c([2H])c([2H])c(-c2ccnc(-c3[c-]c(-c4cccc5c4nc(-c4cccc(C(C)(C)C)c4O)n5-c4ccc(C(C)(C)C)cc4-c4ccccc4)cc(C(C([2H])([2H])[2H])(C([2H])([2H])[2H])C([2H])([2H])[2H])c3)c2)c([2H])c1[2H].[Pt]. The van der Waals surface area contributed by atoms with Gasteiger partial charge in [-0.05, 0) is 74.4 Å². The molecule has 0 unspecified atom stereocenters. The number of aromatic hydroxyl groups is 1. The number of para-hydroxylation sites is 2. The Morgan fingerprint density at radius 2 is 1.34 bits per heavy atom. The van der Waals surface area contributed by atoms with Crippen molar-refractivity contribution >= 4 is 11.0 Å². The molecule has 0 radical (unpaired) electrons. The molecule has 0 saturated heterocycles. The summed E-state index contributed by atoms with van der Waals surface area (Å²) in [6.07, 6.45) is 1.30. The fraction of sp³-hybridized carbons (Fsp3) is 0.222. The van der Waals surface area contributed by atoms with Crippen molar-refractivity contribution in [1.82, 2.24) is 14.5 Å². The fourth-order valence-corrected chi connectivity index (χ4v) is 7.31. The van der Waals surface area contributed by atoms with Gasteiger partial charge in [-0.1, -0.05) is 170 Å². The van der Waals surface area contributed by atoms with Crippen LogP contribution >= 0.6 is 0 Å². The molecule has 8 rings (SSSR count). The Balaban J connectivity index is 0.00000780. The first-order valence-corrected chi connectivity index (χ1v) is 19.1. The first kappa shape index (κ1) is 27.2. The van der Waals surface area contributed by atoms with E-state index in [4.69, 9.17) is 24.2 Å². The van der Waals surface area contributed by atoms with Crippen LogP contribution < -0.4 is 0 Å². The van der Waals surface area contributed by atoms with Gasteiger partial charge in [0.15, 0.2) is 0 Å². The molecule has 0 amide bonds. The maximum absolute atomic E-state index is 12.2. The smallest absolute Gasteiger partial charge is 0.148 e. The third kappa shape index (κ3) is 8.21. The summed E-state index contributed by atoms with van der Waals surface area (Å²) in [6, 6.07) is 32.4. The molecule has 0 aliphatic carbocycles. The normalized spacial score (nSPS) is 16.2. The second-order valence-electron chi connectivity index (χ2n) is 16.6. The average Bonchev–Trinajstić information content (AvgIpc) is 3.68. The van der Waals surface area contributed by atoms with Crippen LogP contribution in [-0.4, -0.2) is 19.6 Å². The number of aromatic nitrogens is 3. The van der Waals surface area contributed by atoms with Crippen LogP contribution in [0.25, 0.3) is 72.7 Å². The number of fused-ring (bicyclic) bond motifs is 1. The van der Waals surface area contributed by atoms with Crippen LogP contribution in [0.5, 0.6) is 5.75 Å². The van der Waals surface area contributed by atoms with Crippen molar-refractivity contribution in [1.29, 1.82) is 0 Å². The predicted molar refractivity (Wildman–Crippen MR) is 243 cm³/mol. The summed E-state index contributed by atoms with van der Waals surface area (Å²) in [5.41, 5.74) is 0.764. The van der Waals surface area contributed by atoms with Gasteiger partial charge in [0.2, 0.25) is 0 Å². The van der Waals surface area contributed by atoms with E-state index in [1.54, 1.807) is 18.2 Å². The van der Waals surface area contributed by atoms with Crippen molar-refractivity contribution in [3.8, 4) is 67.5 Å². The van der Waals surface area contributed by atoms with E-state index in [0.717, 1.165) is 22.8 Å². The van der Waals surface area contributed by atoms with Crippen LogP contribution in [0.4, 0.5) is 0 Å².